The van der Waals surface area contributed by atoms with Crippen molar-refractivity contribution in [2.24, 2.45) is 0 Å². The van der Waals surface area contributed by atoms with Gasteiger partial charge in [-0.15, -0.1) is 0 Å². The van der Waals surface area contributed by atoms with Crippen LogP contribution in [0.4, 0.5) is 5.69 Å². The predicted molar refractivity (Wildman–Crippen MR) is 122 cm³/mol. The van der Waals surface area contributed by atoms with Crippen LogP contribution in [0.25, 0.3) is 5.69 Å². The van der Waals surface area contributed by atoms with Crippen molar-refractivity contribution in [2.45, 2.75) is 31.1 Å². The number of anilines is 1. The number of sulfonamides is 1. The van der Waals surface area contributed by atoms with Gasteiger partial charge < -0.3 is 10.1 Å². The zero-order chi connectivity index (χ0) is 22.6. The van der Waals surface area contributed by atoms with Gasteiger partial charge in [-0.1, -0.05) is 24.6 Å². The molecule has 1 amide bonds. The van der Waals surface area contributed by atoms with Crippen molar-refractivity contribution in [3.63, 3.8) is 0 Å². The zero-order valence-electron chi connectivity index (χ0n) is 17.9. The van der Waals surface area contributed by atoms with Crippen molar-refractivity contribution in [3.05, 3.63) is 66.5 Å². The van der Waals surface area contributed by atoms with Crippen molar-refractivity contribution >= 4 is 21.6 Å². The van der Waals surface area contributed by atoms with Gasteiger partial charge in [0, 0.05) is 25.0 Å². The first-order chi connectivity index (χ1) is 15.5. The molecular formula is C23H26N4O4S. The summed E-state index contributed by atoms with van der Waals surface area (Å²) in [5.74, 6) is -0.144. The molecule has 1 N–H and O–H groups in total. The van der Waals surface area contributed by atoms with Crippen molar-refractivity contribution < 1.29 is 17.9 Å². The van der Waals surface area contributed by atoms with E-state index in [1.165, 1.54) is 10.4 Å². The molecule has 0 aliphatic carbocycles. The lowest BCUT2D eigenvalue weighted by Crippen LogP contribution is -2.35. The van der Waals surface area contributed by atoms with E-state index in [1.54, 1.807) is 36.0 Å². The van der Waals surface area contributed by atoms with Crippen molar-refractivity contribution in [2.75, 3.05) is 25.0 Å². The quantitative estimate of drug-likeness (QED) is 0.588. The average Bonchev–Trinajstić information content (AvgIpc) is 3.32. The summed E-state index contributed by atoms with van der Waals surface area (Å²) in [5, 5.41) is 7.08. The summed E-state index contributed by atoms with van der Waals surface area (Å²) in [6.45, 7) is 3.12. The minimum atomic E-state index is -3.73. The third-order valence-electron chi connectivity index (χ3n) is 5.28. The third kappa shape index (κ3) is 4.68. The first-order valence-electron chi connectivity index (χ1n) is 10.7. The molecule has 32 heavy (non-hydrogen) atoms. The Kier molecular flexibility index (Phi) is 6.57. The van der Waals surface area contributed by atoms with Gasteiger partial charge in [0.15, 0.2) is 5.69 Å². The summed E-state index contributed by atoms with van der Waals surface area (Å²) in [6, 6.07) is 15.7. The number of hydrogen-bond donors (Lipinski definition) is 1. The van der Waals surface area contributed by atoms with Crippen LogP contribution in [0.3, 0.4) is 0 Å². The number of para-hydroxylation sites is 1. The van der Waals surface area contributed by atoms with Crippen molar-refractivity contribution in [1.82, 2.24) is 14.1 Å². The van der Waals surface area contributed by atoms with E-state index < -0.39 is 15.9 Å². The number of piperidine rings is 1. The van der Waals surface area contributed by atoms with E-state index in [2.05, 4.69) is 10.4 Å². The highest BCUT2D eigenvalue weighted by Crippen LogP contribution is 2.31. The highest BCUT2D eigenvalue weighted by Gasteiger charge is 2.29. The lowest BCUT2D eigenvalue weighted by atomic mass is 10.2. The zero-order valence-corrected chi connectivity index (χ0v) is 18.7. The van der Waals surface area contributed by atoms with Crippen LogP contribution in [0.1, 0.15) is 36.7 Å². The smallest absolute Gasteiger partial charge is 0.276 e. The van der Waals surface area contributed by atoms with Crippen LogP contribution in [-0.2, 0) is 10.0 Å². The molecule has 2 heterocycles. The van der Waals surface area contributed by atoms with Crippen LogP contribution in [0.5, 0.6) is 5.75 Å². The number of amides is 1. The minimum absolute atomic E-state index is 0.0638. The van der Waals surface area contributed by atoms with Crippen LogP contribution < -0.4 is 10.1 Å². The van der Waals surface area contributed by atoms with Gasteiger partial charge in [0.05, 0.1) is 12.3 Å². The first kappa shape index (κ1) is 22.0. The topological polar surface area (TPSA) is 93.5 Å². The molecule has 168 valence electrons. The van der Waals surface area contributed by atoms with Crippen LogP contribution >= 0.6 is 0 Å². The number of benzene rings is 2. The number of hydrogen-bond acceptors (Lipinski definition) is 5. The lowest BCUT2D eigenvalue weighted by Gasteiger charge is -2.27. The molecule has 1 aliphatic heterocycles. The molecule has 8 nitrogen and oxygen atoms in total. The Morgan fingerprint density at radius 1 is 1.06 bits per heavy atom. The van der Waals surface area contributed by atoms with Gasteiger partial charge in [-0.2, -0.15) is 9.40 Å². The number of aromatic nitrogens is 2. The van der Waals surface area contributed by atoms with E-state index in [9.17, 15) is 13.2 Å². The van der Waals surface area contributed by atoms with Crippen LogP contribution in [0, 0.1) is 0 Å². The fourth-order valence-electron chi connectivity index (χ4n) is 3.67. The van der Waals surface area contributed by atoms with Crippen molar-refractivity contribution in [1.29, 1.82) is 0 Å². The number of nitrogens with zero attached hydrogens (tertiary/aromatic N) is 3. The third-order valence-corrected chi connectivity index (χ3v) is 7.20. The summed E-state index contributed by atoms with van der Waals surface area (Å²) in [7, 11) is -3.73. The Hall–Kier alpha value is -3.17. The second-order valence-electron chi connectivity index (χ2n) is 7.49. The van der Waals surface area contributed by atoms with Gasteiger partial charge in [0.1, 0.15) is 10.6 Å². The molecule has 0 saturated carbocycles. The SMILES string of the molecule is CCOc1ccc(NC(=O)c2ccn(-c3ccccc3)n2)cc1S(=O)(=O)N1CCCCC1. The Bertz CT molecular complexity index is 1190. The monoisotopic (exact) mass is 454 g/mol. The molecule has 0 atom stereocenters. The fraction of sp³-hybridized carbons (Fsp3) is 0.304. The molecule has 0 radical (unpaired) electrons. The summed E-state index contributed by atoms with van der Waals surface area (Å²) in [5.41, 5.74) is 1.43. The maximum absolute atomic E-state index is 13.3. The summed E-state index contributed by atoms with van der Waals surface area (Å²) < 4.78 is 35.2. The molecule has 0 bridgehead atoms. The van der Waals surface area contributed by atoms with Crippen LogP contribution in [-0.4, -0.2) is 48.1 Å². The molecule has 9 heteroatoms. The minimum Gasteiger partial charge on any atom is -0.492 e. The summed E-state index contributed by atoms with van der Waals surface area (Å²) in [6.07, 6.45) is 4.40. The van der Waals surface area contributed by atoms with Gasteiger partial charge in [0.2, 0.25) is 10.0 Å². The standard InChI is InChI=1S/C23H26N4O4S/c1-2-31-21-12-11-18(17-22(21)32(29,30)26-14-7-4-8-15-26)24-23(28)20-13-16-27(25-20)19-9-5-3-6-10-19/h3,5-6,9-13,16-17H,2,4,7-8,14-15H2,1H3,(H,24,28). The van der Waals surface area contributed by atoms with Crippen LogP contribution in [0.15, 0.2) is 65.7 Å². The lowest BCUT2D eigenvalue weighted by molar-refractivity contribution is 0.102. The van der Waals surface area contributed by atoms with Crippen molar-refractivity contribution in [3.8, 4) is 11.4 Å². The molecule has 1 fully saturated rings. The predicted octanol–water partition coefficient (Wildman–Crippen LogP) is 3.70. The molecule has 3 aromatic rings. The van der Waals surface area contributed by atoms with E-state index >= 15 is 0 Å². The fourth-order valence-corrected chi connectivity index (χ4v) is 5.35. The molecule has 1 saturated heterocycles. The van der Waals surface area contributed by atoms with E-state index in [-0.39, 0.29) is 16.3 Å². The largest absolute Gasteiger partial charge is 0.492 e. The van der Waals surface area contributed by atoms with Gasteiger partial charge >= 0.3 is 0 Å². The molecule has 2 aromatic carbocycles. The highest BCUT2D eigenvalue weighted by atomic mass is 32.2. The van der Waals surface area contributed by atoms with E-state index in [1.807, 2.05) is 30.3 Å². The summed E-state index contributed by atoms with van der Waals surface area (Å²) >= 11 is 0. The number of nitrogens with one attached hydrogen (secondary N) is 1. The molecule has 4 rings (SSSR count). The highest BCUT2D eigenvalue weighted by molar-refractivity contribution is 7.89. The summed E-state index contributed by atoms with van der Waals surface area (Å²) in [4.78, 5) is 12.8. The molecule has 0 unspecified atom stereocenters. The number of ether oxygens (including phenoxy) is 1. The maximum Gasteiger partial charge on any atom is 0.276 e. The van der Waals surface area contributed by atoms with Gasteiger partial charge in [-0.05, 0) is 56.2 Å². The maximum atomic E-state index is 13.3. The Balaban J connectivity index is 1.58. The number of carbonyl (C=O) groups is 1. The second kappa shape index (κ2) is 9.54. The Labute approximate surface area is 187 Å². The van der Waals surface area contributed by atoms with E-state index in [0.717, 1.165) is 24.9 Å². The Morgan fingerprint density at radius 2 is 1.81 bits per heavy atom. The van der Waals surface area contributed by atoms with Gasteiger partial charge in [-0.25, -0.2) is 13.1 Å². The molecular weight excluding hydrogens is 428 g/mol. The van der Waals surface area contributed by atoms with Gasteiger partial charge in [-0.3, -0.25) is 4.79 Å². The van der Waals surface area contributed by atoms with E-state index in [4.69, 9.17) is 4.74 Å². The normalized spacial score (nSPS) is 14.8. The van der Waals surface area contributed by atoms with E-state index in [0.29, 0.717) is 25.4 Å². The molecule has 0 spiro atoms. The average molecular weight is 455 g/mol. The molecule has 1 aliphatic rings. The number of rotatable bonds is 7. The van der Waals surface area contributed by atoms with Gasteiger partial charge in [0.25, 0.3) is 5.91 Å². The number of carbonyl (C=O) groups excluding carboxylic acids is 1. The Morgan fingerprint density at radius 3 is 2.53 bits per heavy atom. The first-order valence-corrected chi connectivity index (χ1v) is 12.1. The molecule has 1 aromatic heterocycles. The van der Waals surface area contributed by atoms with Crippen LogP contribution in [0.2, 0.25) is 0 Å². The second-order valence-corrected chi connectivity index (χ2v) is 9.40.